The normalized spacial score (nSPS) is 10.2. The molecule has 4 N–H and O–H groups in total. The van der Waals surface area contributed by atoms with Crippen LogP contribution >= 0.6 is 0 Å². The third-order valence-electron chi connectivity index (χ3n) is 2.73. The highest BCUT2D eigenvalue weighted by Gasteiger charge is 2.09. The highest BCUT2D eigenvalue weighted by atomic mass is 19.1. The number of hydrogen-bond acceptors (Lipinski definition) is 3. The predicted octanol–water partition coefficient (Wildman–Crippen LogP) is 2.67. The molecule has 0 bridgehead atoms. The predicted molar refractivity (Wildman–Crippen MR) is 71.6 cm³/mol. The summed E-state index contributed by atoms with van der Waals surface area (Å²) in [6.07, 6.45) is 0. The van der Waals surface area contributed by atoms with Crippen LogP contribution in [-0.4, -0.2) is 11.0 Å². The van der Waals surface area contributed by atoms with Crippen molar-refractivity contribution >= 4 is 17.3 Å². The minimum Gasteiger partial charge on any atom is -0.508 e. The first-order chi connectivity index (χ1) is 8.97. The maximum absolute atomic E-state index is 13.0. The molecular formula is C14H13FN2O2. The summed E-state index contributed by atoms with van der Waals surface area (Å²) >= 11 is 0. The summed E-state index contributed by atoms with van der Waals surface area (Å²) in [6.45, 7) is 1.75. The Labute approximate surface area is 109 Å². The van der Waals surface area contributed by atoms with Gasteiger partial charge in [-0.15, -0.1) is 0 Å². The standard InChI is InChI=1S/C14H13FN2O2/c1-8-2-4-10(7-13(8)18)17-14(19)9-3-5-11(15)12(16)6-9/h2-7,18H,16H2,1H3,(H,17,19). The van der Waals surface area contributed by atoms with Crippen LogP contribution in [0.5, 0.6) is 5.75 Å². The van der Waals surface area contributed by atoms with Gasteiger partial charge in [0, 0.05) is 17.3 Å². The van der Waals surface area contributed by atoms with Crippen LogP contribution in [0.25, 0.3) is 0 Å². The molecule has 0 fully saturated rings. The topological polar surface area (TPSA) is 75.4 Å². The van der Waals surface area contributed by atoms with Gasteiger partial charge in [0.2, 0.25) is 0 Å². The Hall–Kier alpha value is -2.56. The average Bonchev–Trinajstić information content (AvgIpc) is 2.37. The van der Waals surface area contributed by atoms with Gasteiger partial charge in [-0.3, -0.25) is 4.79 Å². The van der Waals surface area contributed by atoms with Crippen molar-refractivity contribution in [2.24, 2.45) is 0 Å². The molecule has 98 valence electrons. The quantitative estimate of drug-likeness (QED) is 0.727. The number of nitrogens with two attached hydrogens (primary N) is 1. The maximum atomic E-state index is 13.0. The van der Waals surface area contributed by atoms with Crippen LogP contribution in [-0.2, 0) is 0 Å². The minimum absolute atomic E-state index is 0.0839. The lowest BCUT2D eigenvalue weighted by molar-refractivity contribution is 0.102. The highest BCUT2D eigenvalue weighted by Crippen LogP contribution is 2.21. The lowest BCUT2D eigenvalue weighted by Crippen LogP contribution is -2.12. The van der Waals surface area contributed by atoms with Crippen molar-refractivity contribution < 1.29 is 14.3 Å². The van der Waals surface area contributed by atoms with E-state index >= 15 is 0 Å². The molecule has 0 saturated carbocycles. The van der Waals surface area contributed by atoms with E-state index in [4.69, 9.17) is 5.73 Å². The number of halogens is 1. The van der Waals surface area contributed by atoms with Gasteiger partial charge in [0.25, 0.3) is 5.91 Å². The number of phenolic OH excluding ortho intramolecular Hbond substituents is 1. The van der Waals surface area contributed by atoms with Gasteiger partial charge in [-0.05, 0) is 36.8 Å². The molecule has 0 unspecified atom stereocenters. The van der Waals surface area contributed by atoms with E-state index in [1.807, 2.05) is 0 Å². The van der Waals surface area contributed by atoms with E-state index in [0.717, 1.165) is 6.07 Å². The molecule has 2 rings (SSSR count). The Balaban J connectivity index is 2.20. The molecule has 0 atom stereocenters. The lowest BCUT2D eigenvalue weighted by Gasteiger charge is -2.07. The average molecular weight is 260 g/mol. The first-order valence-electron chi connectivity index (χ1n) is 5.63. The maximum Gasteiger partial charge on any atom is 0.255 e. The van der Waals surface area contributed by atoms with Gasteiger partial charge >= 0.3 is 0 Å². The van der Waals surface area contributed by atoms with E-state index < -0.39 is 11.7 Å². The Kier molecular flexibility index (Phi) is 3.37. The Morgan fingerprint density at radius 2 is 2.00 bits per heavy atom. The van der Waals surface area contributed by atoms with Gasteiger partial charge in [0.1, 0.15) is 11.6 Å². The number of carbonyl (C=O) groups excluding carboxylic acids is 1. The van der Waals surface area contributed by atoms with Crippen molar-refractivity contribution in [1.82, 2.24) is 0 Å². The number of benzene rings is 2. The van der Waals surface area contributed by atoms with E-state index in [9.17, 15) is 14.3 Å². The number of rotatable bonds is 2. The van der Waals surface area contributed by atoms with E-state index in [2.05, 4.69) is 5.32 Å². The van der Waals surface area contributed by atoms with Gasteiger partial charge in [-0.1, -0.05) is 6.07 Å². The van der Waals surface area contributed by atoms with Crippen LogP contribution in [0.4, 0.5) is 15.8 Å². The molecule has 19 heavy (non-hydrogen) atoms. The second-order valence-corrected chi connectivity index (χ2v) is 4.19. The van der Waals surface area contributed by atoms with Crippen molar-refractivity contribution in [2.75, 3.05) is 11.1 Å². The number of aromatic hydroxyl groups is 1. The van der Waals surface area contributed by atoms with E-state index in [1.165, 1.54) is 18.2 Å². The molecule has 0 aliphatic carbocycles. The molecule has 1 amide bonds. The summed E-state index contributed by atoms with van der Waals surface area (Å²) in [4.78, 5) is 11.9. The zero-order chi connectivity index (χ0) is 14.0. The van der Waals surface area contributed by atoms with Crippen LogP contribution < -0.4 is 11.1 Å². The lowest BCUT2D eigenvalue weighted by atomic mass is 10.1. The van der Waals surface area contributed by atoms with Crippen LogP contribution in [0, 0.1) is 12.7 Å². The molecule has 0 saturated heterocycles. The zero-order valence-electron chi connectivity index (χ0n) is 10.3. The van der Waals surface area contributed by atoms with E-state index in [1.54, 1.807) is 19.1 Å². The zero-order valence-corrected chi connectivity index (χ0v) is 10.3. The second-order valence-electron chi connectivity index (χ2n) is 4.19. The number of hydrogen-bond donors (Lipinski definition) is 3. The van der Waals surface area contributed by atoms with Gasteiger partial charge in [-0.25, -0.2) is 4.39 Å². The number of phenols is 1. The molecule has 0 aliphatic heterocycles. The van der Waals surface area contributed by atoms with Crippen LogP contribution in [0.15, 0.2) is 36.4 Å². The van der Waals surface area contributed by atoms with Crippen molar-refractivity contribution in [1.29, 1.82) is 0 Å². The summed E-state index contributed by atoms with van der Waals surface area (Å²) in [5.41, 5.74) is 6.73. The molecule has 4 nitrogen and oxygen atoms in total. The largest absolute Gasteiger partial charge is 0.508 e. The summed E-state index contributed by atoms with van der Waals surface area (Å²) in [5, 5.41) is 12.1. The fourth-order valence-corrected chi connectivity index (χ4v) is 1.58. The third kappa shape index (κ3) is 2.82. The number of nitrogen functional groups attached to an aromatic ring is 1. The number of aryl methyl sites for hydroxylation is 1. The van der Waals surface area contributed by atoms with Gasteiger partial charge in [0.05, 0.1) is 5.69 Å². The fourth-order valence-electron chi connectivity index (χ4n) is 1.58. The molecule has 0 aromatic heterocycles. The van der Waals surface area contributed by atoms with Crippen molar-refractivity contribution in [3.8, 4) is 5.75 Å². The Morgan fingerprint density at radius 3 is 2.63 bits per heavy atom. The summed E-state index contributed by atoms with van der Waals surface area (Å²) in [7, 11) is 0. The number of carbonyl (C=O) groups is 1. The van der Waals surface area contributed by atoms with Gasteiger partial charge < -0.3 is 16.2 Å². The molecule has 0 aliphatic rings. The summed E-state index contributed by atoms with van der Waals surface area (Å²) in [6, 6.07) is 8.54. The van der Waals surface area contributed by atoms with Gasteiger partial charge in [0.15, 0.2) is 0 Å². The van der Waals surface area contributed by atoms with Crippen LogP contribution in [0.1, 0.15) is 15.9 Å². The Bertz CT molecular complexity index is 641. The first kappa shape index (κ1) is 12.9. The summed E-state index contributed by atoms with van der Waals surface area (Å²) < 4.78 is 13.0. The van der Waals surface area contributed by atoms with Crippen molar-refractivity contribution in [2.45, 2.75) is 6.92 Å². The van der Waals surface area contributed by atoms with Crippen LogP contribution in [0.3, 0.4) is 0 Å². The monoisotopic (exact) mass is 260 g/mol. The SMILES string of the molecule is Cc1ccc(NC(=O)c2ccc(F)c(N)c2)cc1O. The minimum atomic E-state index is -0.565. The fraction of sp³-hybridized carbons (Fsp3) is 0.0714. The molecule has 2 aromatic rings. The van der Waals surface area contributed by atoms with E-state index in [-0.39, 0.29) is 17.0 Å². The molecule has 0 radical (unpaired) electrons. The number of anilines is 2. The third-order valence-corrected chi connectivity index (χ3v) is 2.73. The Morgan fingerprint density at radius 1 is 1.26 bits per heavy atom. The highest BCUT2D eigenvalue weighted by molar-refractivity contribution is 6.04. The number of nitrogens with one attached hydrogen (secondary N) is 1. The van der Waals surface area contributed by atoms with Gasteiger partial charge in [-0.2, -0.15) is 0 Å². The smallest absolute Gasteiger partial charge is 0.255 e. The van der Waals surface area contributed by atoms with Crippen LogP contribution in [0.2, 0.25) is 0 Å². The molecule has 2 aromatic carbocycles. The molecule has 0 spiro atoms. The number of amides is 1. The summed E-state index contributed by atoms with van der Waals surface area (Å²) in [5.74, 6) is -0.893. The van der Waals surface area contributed by atoms with E-state index in [0.29, 0.717) is 11.3 Å². The molecule has 0 heterocycles. The first-order valence-corrected chi connectivity index (χ1v) is 5.63. The molecule has 5 heteroatoms. The molecular weight excluding hydrogens is 247 g/mol. The van der Waals surface area contributed by atoms with Crippen molar-refractivity contribution in [3.05, 3.63) is 53.3 Å². The van der Waals surface area contributed by atoms with Crippen molar-refractivity contribution in [3.63, 3.8) is 0 Å². The second kappa shape index (κ2) is 4.97.